The van der Waals surface area contributed by atoms with Crippen molar-refractivity contribution in [2.24, 2.45) is 0 Å². The van der Waals surface area contributed by atoms with Crippen molar-refractivity contribution in [3.05, 3.63) is 68.7 Å². The molecule has 0 aliphatic rings. The number of hydrogen-bond donors (Lipinski definition) is 3. The van der Waals surface area contributed by atoms with E-state index in [0.717, 1.165) is 10.2 Å². The van der Waals surface area contributed by atoms with E-state index in [-0.39, 0.29) is 12.2 Å². The third kappa shape index (κ3) is 5.27. The molecule has 120 valence electrons. The van der Waals surface area contributed by atoms with Crippen molar-refractivity contribution in [3.8, 4) is 0 Å². The van der Waals surface area contributed by atoms with Gasteiger partial charge in [-0.1, -0.05) is 22.0 Å². The molecule has 0 aromatic heterocycles. The zero-order chi connectivity index (χ0) is 16.8. The molecule has 0 heterocycles. The van der Waals surface area contributed by atoms with Crippen LogP contribution in [0.5, 0.6) is 0 Å². The van der Waals surface area contributed by atoms with Gasteiger partial charge in [0.05, 0.1) is 11.0 Å². The fraction of sp³-hybridized carbons (Fsp3) is 0.133. The molecule has 2 aromatic carbocycles. The third-order valence-corrected chi connectivity index (χ3v) is 3.77. The first-order valence-electron chi connectivity index (χ1n) is 6.68. The number of benzene rings is 2. The molecular weight excluding hydrogens is 382 g/mol. The number of rotatable bonds is 5. The van der Waals surface area contributed by atoms with E-state index in [9.17, 15) is 15.2 Å². The molecule has 0 bridgehead atoms. The van der Waals surface area contributed by atoms with Crippen molar-refractivity contribution in [2.45, 2.75) is 6.10 Å². The molecule has 0 saturated carbocycles. The lowest BCUT2D eigenvalue weighted by molar-refractivity contribution is -0.384. The zero-order valence-corrected chi connectivity index (χ0v) is 14.3. The van der Waals surface area contributed by atoms with E-state index >= 15 is 0 Å². The summed E-state index contributed by atoms with van der Waals surface area (Å²) in [6, 6.07) is 13.3. The Morgan fingerprint density at radius 3 is 2.61 bits per heavy atom. The number of nitro benzene ring substituents is 1. The van der Waals surface area contributed by atoms with Crippen molar-refractivity contribution in [2.75, 3.05) is 11.9 Å². The highest BCUT2D eigenvalue weighted by Crippen LogP contribution is 2.18. The lowest BCUT2D eigenvalue weighted by Crippen LogP contribution is -2.32. The first kappa shape index (κ1) is 17.3. The van der Waals surface area contributed by atoms with Crippen LogP contribution in [0.4, 0.5) is 11.4 Å². The smallest absolute Gasteiger partial charge is 0.269 e. The van der Waals surface area contributed by atoms with Gasteiger partial charge in [-0.05, 0) is 48.1 Å². The minimum atomic E-state index is -0.821. The summed E-state index contributed by atoms with van der Waals surface area (Å²) in [6.07, 6.45) is -0.821. The van der Waals surface area contributed by atoms with Gasteiger partial charge in [0.1, 0.15) is 0 Å². The highest BCUT2D eigenvalue weighted by atomic mass is 79.9. The van der Waals surface area contributed by atoms with Crippen LogP contribution < -0.4 is 10.6 Å². The Balaban J connectivity index is 1.87. The normalized spacial score (nSPS) is 11.6. The molecule has 0 spiro atoms. The van der Waals surface area contributed by atoms with Gasteiger partial charge in [-0.25, -0.2) is 0 Å². The Kier molecular flexibility index (Phi) is 6.03. The van der Waals surface area contributed by atoms with Crippen LogP contribution in [0.15, 0.2) is 53.0 Å². The molecule has 0 aliphatic carbocycles. The lowest BCUT2D eigenvalue weighted by Gasteiger charge is -2.15. The minimum absolute atomic E-state index is 0.0132. The molecule has 2 rings (SSSR count). The highest BCUT2D eigenvalue weighted by Gasteiger charge is 2.11. The van der Waals surface area contributed by atoms with Crippen LogP contribution in [0.2, 0.25) is 0 Å². The van der Waals surface area contributed by atoms with Crippen LogP contribution in [0.25, 0.3) is 0 Å². The summed E-state index contributed by atoms with van der Waals surface area (Å²) in [7, 11) is 0. The maximum absolute atomic E-state index is 10.6. The quantitative estimate of drug-likeness (QED) is 0.408. The Morgan fingerprint density at radius 2 is 2.00 bits per heavy atom. The molecular formula is C15H14BrN3O3S. The molecule has 6 nitrogen and oxygen atoms in total. The van der Waals surface area contributed by atoms with E-state index in [1.807, 2.05) is 24.3 Å². The van der Waals surface area contributed by atoms with Gasteiger partial charge >= 0.3 is 0 Å². The standard InChI is InChI=1S/C15H14BrN3O3S/c16-11-2-1-3-12(8-11)18-15(23)17-9-14(20)10-4-6-13(7-5-10)19(21)22/h1-8,14,20H,9H2,(H2,17,18,23)/t14-/m1/s1. The predicted octanol–water partition coefficient (Wildman–Crippen LogP) is 3.38. The monoisotopic (exact) mass is 395 g/mol. The fourth-order valence-electron chi connectivity index (χ4n) is 1.87. The largest absolute Gasteiger partial charge is 0.387 e. The Hall–Kier alpha value is -2.03. The zero-order valence-electron chi connectivity index (χ0n) is 11.9. The maximum Gasteiger partial charge on any atom is 0.269 e. The highest BCUT2D eigenvalue weighted by molar-refractivity contribution is 9.10. The average molecular weight is 396 g/mol. The number of hydrogen-bond acceptors (Lipinski definition) is 4. The molecule has 0 radical (unpaired) electrons. The van der Waals surface area contributed by atoms with Crippen molar-refractivity contribution in [1.29, 1.82) is 0 Å². The molecule has 3 N–H and O–H groups in total. The summed E-state index contributed by atoms with van der Waals surface area (Å²) in [6.45, 7) is 0.192. The summed E-state index contributed by atoms with van der Waals surface area (Å²) in [5.74, 6) is 0. The lowest BCUT2D eigenvalue weighted by atomic mass is 10.1. The summed E-state index contributed by atoms with van der Waals surface area (Å²) in [5.41, 5.74) is 1.39. The molecule has 23 heavy (non-hydrogen) atoms. The van der Waals surface area contributed by atoms with Crippen molar-refractivity contribution < 1.29 is 10.0 Å². The Morgan fingerprint density at radius 1 is 1.30 bits per heavy atom. The second-order valence-electron chi connectivity index (χ2n) is 4.71. The van der Waals surface area contributed by atoms with Crippen LogP contribution in [-0.2, 0) is 0 Å². The van der Waals surface area contributed by atoms with Crippen LogP contribution in [0.3, 0.4) is 0 Å². The summed E-state index contributed by atoms with van der Waals surface area (Å²) in [4.78, 5) is 10.1. The van der Waals surface area contributed by atoms with Gasteiger partial charge in [-0.15, -0.1) is 0 Å². The molecule has 8 heteroatoms. The number of aliphatic hydroxyl groups is 1. The third-order valence-electron chi connectivity index (χ3n) is 3.03. The van der Waals surface area contributed by atoms with E-state index in [4.69, 9.17) is 12.2 Å². The second-order valence-corrected chi connectivity index (χ2v) is 6.03. The molecule has 0 unspecified atom stereocenters. The van der Waals surface area contributed by atoms with E-state index in [0.29, 0.717) is 10.7 Å². The minimum Gasteiger partial charge on any atom is -0.387 e. The number of aliphatic hydroxyl groups excluding tert-OH is 1. The van der Waals surface area contributed by atoms with Crippen LogP contribution in [0.1, 0.15) is 11.7 Å². The van der Waals surface area contributed by atoms with Crippen LogP contribution in [-0.4, -0.2) is 21.7 Å². The second kappa shape index (κ2) is 8.00. The summed E-state index contributed by atoms with van der Waals surface area (Å²) < 4.78 is 0.927. The molecule has 2 aromatic rings. The van der Waals surface area contributed by atoms with Gasteiger partial charge in [0.25, 0.3) is 5.69 Å². The number of non-ortho nitro benzene ring substituents is 1. The van der Waals surface area contributed by atoms with Crippen LogP contribution in [0, 0.1) is 10.1 Å². The van der Waals surface area contributed by atoms with Gasteiger partial charge in [-0.3, -0.25) is 10.1 Å². The van der Waals surface area contributed by atoms with Crippen LogP contribution >= 0.6 is 28.1 Å². The molecule has 0 aliphatic heterocycles. The summed E-state index contributed by atoms with van der Waals surface area (Å²) in [5, 5.41) is 27.0. The van der Waals surface area contributed by atoms with Gasteiger partial charge in [0.15, 0.2) is 5.11 Å². The molecule has 1 atom stereocenters. The first-order chi connectivity index (χ1) is 11.0. The van der Waals surface area contributed by atoms with Crippen molar-refractivity contribution in [1.82, 2.24) is 5.32 Å². The van der Waals surface area contributed by atoms with Gasteiger partial charge in [-0.2, -0.15) is 0 Å². The number of thiocarbonyl (C=S) groups is 1. The Labute approximate surface area is 146 Å². The van der Waals surface area contributed by atoms with Gasteiger partial charge in [0.2, 0.25) is 0 Å². The predicted molar refractivity (Wildman–Crippen MR) is 96.4 cm³/mol. The topological polar surface area (TPSA) is 87.4 Å². The molecule has 0 amide bonds. The number of nitrogens with zero attached hydrogens (tertiary/aromatic N) is 1. The SMILES string of the molecule is O=[N+]([O-])c1ccc([C@H](O)CNC(=S)Nc2cccc(Br)c2)cc1. The van der Waals surface area contributed by atoms with E-state index in [2.05, 4.69) is 26.6 Å². The van der Waals surface area contributed by atoms with Gasteiger partial charge in [0, 0.05) is 28.8 Å². The number of anilines is 1. The van der Waals surface area contributed by atoms with Crippen molar-refractivity contribution in [3.63, 3.8) is 0 Å². The van der Waals surface area contributed by atoms with E-state index < -0.39 is 11.0 Å². The number of nitrogens with one attached hydrogen (secondary N) is 2. The molecule has 0 saturated heterocycles. The van der Waals surface area contributed by atoms with Gasteiger partial charge < -0.3 is 15.7 Å². The maximum atomic E-state index is 10.6. The molecule has 0 fully saturated rings. The first-order valence-corrected chi connectivity index (χ1v) is 7.88. The summed E-state index contributed by atoms with van der Waals surface area (Å²) >= 11 is 8.53. The van der Waals surface area contributed by atoms with Crippen molar-refractivity contribution >= 4 is 44.6 Å². The van der Waals surface area contributed by atoms with E-state index in [1.54, 1.807) is 0 Å². The fourth-order valence-corrected chi connectivity index (χ4v) is 2.47. The Bertz CT molecular complexity index is 709. The number of nitro groups is 1. The van der Waals surface area contributed by atoms with E-state index in [1.165, 1.54) is 24.3 Å². The number of halogens is 1. The average Bonchev–Trinajstić information content (AvgIpc) is 2.52.